The zero-order valence-corrected chi connectivity index (χ0v) is 28.0. The third-order valence-electron chi connectivity index (χ3n) is 9.32. The van der Waals surface area contributed by atoms with Gasteiger partial charge in [0.15, 0.2) is 0 Å². The molecule has 0 bridgehead atoms. The van der Waals surface area contributed by atoms with Gasteiger partial charge < -0.3 is 15.1 Å². The number of rotatable bonds is 14. The summed E-state index contributed by atoms with van der Waals surface area (Å²) in [7, 11) is 0. The molecule has 0 spiro atoms. The number of anilines is 1. The highest BCUT2D eigenvalue weighted by molar-refractivity contribution is 8.03. The lowest BCUT2D eigenvalue weighted by molar-refractivity contribution is -0.138. The molecule has 240 valence electrons. The standard InChI is InChI=1S/C39H43NO4S2/c41-38(42)16-4-1-3-11-32-31-12-6-8-14-34(31)45-36(32)25-27-18-20-29-21-19-28(24-30(29)23-27)26-37-40(22-10-2-5-17-39(43)44)33-13-7-9-15-35(33)46-37/h6-9,12-15,23-26,29H,1-5,10-11,16-22H2,(H,41,42)(H,43,44). The molecule has 1 aliphatic heterocycles. The fourth-order valence-electron chi connectivity index (χ4n) is 6.92. The Morgan fingerprint density at radius 2 is 1.57 bits per heavy atom. The van der Waals surface area contributed by atoms with Crippen molar-refractivity contribution in [1.82, 2.24) is 0 Å². The number of aliphatic carboxylic acids is 2. The largest absolute Gasteiger partial charge is 0.481 e. The van der Waals surface area contributed by atoms with E-state index >= 15 is 0 Å². The number of hydrogen-bond acceptors (Lipinski definition) is 5. The number of carboxylic acids is 2. The molecule has 0 fully saturated rings. The van der Waals surface area contributed by atoms with Crippen LogP contribution in [0, 0.1) is 5.92 Å². The zero-order valence-electron chi connectivity index (χ0n) is 26.4. The Hall–Kier alpha value is -3.55. The summed E-state index contributed by atoms with van der Waals surface area (Å²) < 4.78 is 1.32. The van der Waals surface area contributed by atoms with E-state index in [0.717, 1.165) is 64.3 Å². The van der Waals surface area contributed by atoms with E-state index in [1.165, 1.54) is 65.7 Å². The number of aryl methyl sites for hydroxylation is 1. The molecule has 0 saturated heterocycles. The third-order valence-corrected chi connectivity index (χ3v) is 11.6. The van der Waals surface area contributed by atoms with Crippen molar-refractivity contribution in [3.05, 3.63) is 98.9 Å². The van der Waals surface area contributed by atoms with Gasteiger partial charge in [0.2, 0.25) is 0 Å². The predicted molar refractivity (Wildman–Crippen MR) is 192 cm³/mol. The lowest BCUT2D eigenvalue weighted by Crippen LogP contribution is -2.19. The van der Waals surface area contributed by atoms with Crippen LogP contribution in [0.5, 0.6) is 0 Å². The van der Waals surface area contributed by atoms with E-state index in [-0.39, 0.29) is 12.8 Å². The summed E-state index contributed by atoms with van der Waals surface area (Å²) in [6.45, 7) is 0.901. The average Bonchev–Trinajstić information content (AvgIpc) is 3.57. The van der Waals surface area contributed by atoms with Crippen molar-refractivity contribution < 1.29 is 19.8 Å². The highest BCUT2D eigenvalue weighted by Crippen LogP contribution is 2.47. The molecule has 3 aromatic rings. The lowest BCUT2D eigenvalue weighted by Gasteiger charge is -2.29. The molecule has 1 unspecified atom stereocenters. The first-order valence-corrected chi connectivity index (χ1v) is 18.4. The number of unbranched alkanes of at least 4 members (excludes halogenated alkanes) is 4. The van der Waals surface area contributed by atoms with E-state index in [1.54, 1.807) is 0 Å². The number of nitrogens with zero attached hydrogens (tertiary/aromatic N) is 1. The number of thioether (sulfide) groups is 1. The van der Waals surface area contributed by atoms with Gasteiger partial charge in [-0.05, 0) is 122 Å². The number of allylic oxidation sites excluding steroid dienone is 6. The monoisotopic (exact) mass is 653 g/mol. The molecule has 3 aliphatic rings. The molecule has 0 saturated carbocycles. The Kier molecular flexibility index (Phi) is 10.8. The van der Waals surface area contributed by atoms with Gasteiger partial charge in [-0.15, -0.1) is 11.3 Å². The zero-order chi connectivity index (χ0) is 31.9. The van der Waals surface area contributed by atoms with Gasteiger partial charge in [0, 0.05) is 33.9 Å². The molecule has 2 heterocycles. The van der Waals surface area contributed by atoms with Crippen LogP contribution in [0.15, 0.2) is 93.4 Å². The van der Waals surface area contributed by atoms with Crippen molar-refractivity contribution >= 4 is 56.9 Å². The predicted octanol–water partition coefficient (Wildman–Crippen LogP) is 10.6. The van der Waals surface area contributed by atoms with Gasteiger partial charge >= 0.3 is 11.9 Å². The van der Waals surface area contributed by atoms with E-state index in [9.17, 15) is 9.59 Å². The van der Waals surface area contributed by atoms with Crippen molar-refractivity contribution in [2.24, 2.45) is 5.92 Å². The van der Waals surface area contributed by atoms with Crippen LogP contribution >= 0.6 is 23.1 Å². The quantitative estimate of drug-likeness (QED) is 0.169. The molecule has 2 aliphatic carbocycles. The van der Waals surface area contributed by atoms with E-state index in [4.69, 9.17) is 10.2 Å². The van der Waals surface area contributed by atoms with Crippen molar-refractivity contribution in [3.8, 4) is 0 Å². The maximum Gasteiger partial charge on any atom is 0.303 e. The van der Waals surface area contributed by atoms with Gasteiger partial charge in [-0.1, -0.05) is 67.1 Å². The molecule has 6 rings (SSSR count). The molecule has 2 aromatic carbocycles. The Morgan fingerprint density at radius 1 is 0.826 bits per heavy atom. The van der Waals surface area contributed by atoms with Crippen LogP contribution in [0.1, 0.15) is 87.5 Å². The summed E-state index contributed by atoms with van der Waals surface area (Å²) in [5.74, 6) is -0.802. The molecular weight excluding hydrogens is 611 g/mol. The minimum absolute atomic E-state index is 0.243. The summed E-state index contributed by atoms with van der Waals surface area (Å²) >= 11 is 3.73. The number of fused-ring (bicyclic) bond motifs is 3. The van der Waals surface area contributed by atoms with Crippen molar-refractivity contribution in [2.45, 2.75) is 88.4 Å². The fourth-order valence-corrected chi connectivity index (χ4v) is 9.32. The van der Waals surface area contributed by atoms with Crippen molar-refractivity contribution in [2.75, 3.05) is 11.4 Å². The maximum absolute atomic E-state index is 10.9. The molecule has 0 amide bonds. The van der Waals surface area contributed by atoms with Gasteiger partial charge in [0.1, 0.15) is 0 Å². The number of para-hydroxylation sites is 1. The number of carbonyl (C=O) groups is 2. The Bertz CT molecular complexity index is 1710. The van der Waals surface area contributed by atoms with Crippen molar-refractivity contribution in [3.63, 3.8) is 0 Å². The number of hydrogen-bond donors (Lipinski definition) is 2. The SMILES string of the molecule is O=C(O)CCCCCc1c(C=C2C=C3C=C(C=C4Sc5ccccc5N4CCCCCC(=O)O)CCC3CC2)sc2ccccc12. The lowest BCUT2D eigenvalue weighted by atomic mass is 9.77. The normalized spacial score (nSPS) is 19.3. The Morgan fingerprint density at radius 3 is 2.39 bits per heavy atom. The molecule has 1 aromatic heterocycles. The molecule has 7 heteroatoms. The molecule has 46 heavy (non-hydrogen) atoms. The van der Waals surface area contributed by atoms with Crippen LogP contribution in [0.25, 0.3) is 16.2 Å². The minimum Gasteiger partial charge on any atom is -0.481 e. The maximum atomic E-state index is 10.9. The van der Waals surface area contributed by atoms with Gasteiger partial charge in [0.05, 0.1) is 10.7 Å². The minimum atomic E-state index is -0.713. The van der Waals surface area contributed by atoms with Crippen LogP contribution in [-0.4, -0.2) is 28.7 Å². The van der Waals surface area contributed by atoms with Crippen LogP contribution < -0.4 is 4.90 Å². The van der Waals surface area contributed by atoms with E-state index in [1.807, 2.05) is 23.1 Å². The van der Waals surface area contributed by atoms with Crippen LogP contribution in [-0.2, 0) is 16.0 Å². The third kappa shape index (κ3) is 8.05. The van der Waals surface area contributed by atoms with E-state index in [2.05, 4.69) is 77.7 Å². The topological polar surface area (TPSA) is 77.8 Å². The Balaban J connectivity index is 1.21. The number of carboxylic acid groups (broad SMARTS) is 2. The number of benzene rings is 2. The number of thiophene rings is 1. The second-order valence-corrected chi connectivity index (χ2v) is 14.8. The van der Waals surface area contributed by atoms with Gasteiger partial charge in [-0.3, -0.25) is 9.59 Å². The summed E-state index contributed by atoms with van der Waals surface area (Å²) in [6, 6.07) is 17.3. The Labute approximate surface area is 280 Å². The van der Waals surface area contributed by atoms with Gasteiger partial charge in [0.25, 0.3) is 0 Å². The summed E-state index contributed by atoms with van der Waals surface area (Å²) in [4.78, 5) is 27.0. The van der Waals surface area contributed by atoms with Crippen LogP contribution in [0.2, 0.25) is 0 Å². The average molecular weight is 654 g/mol. The summed E-state index contributed by atoms with van der Waals surface area (Å²) in [5.41, 5.74) is 6.91. The first-order valence-electron chi connectivity index (χ1n) is 16.8. The van der Waals surface area contributed by atoms with E-state index < -0.39 is 11.9 Å². The van der Waals surface area contributed by atoms with Crippen LogP contribution in [0.3, 0.4) is 0 Å². The van der Waals surface area contributed by atoms with Gasteiger partial charge in [-0.25, -0.2) is 0 Å². The molecule has 2 N–H and O–H groups in total. The molecular formula is C39H43NO4S2. The molecule has 5 nitrogen and oxygen atoms in total. The molecule has 0 radical (unpaired) electrons. The first kappa shape index (κ1) is 32.4. The summed E-state index contributed by atoms with van der Waals surface area (Å²) in [6.07, 6.45) is 21.1. The van der Waals surface area contributed by atoms with Gasteiger partial charge in [-0.2, -0.15) is 0 Å². The van der Waals surface area contributed by atoms with E-state index in [0.29, 0.717) is 5.92 Å². The fraction of sp³-hybridized carbons (Fsp3) is 0.385. The smallest absolute Gasteiger partial charge is 0.303 e. The second-order valence-electron chi connectivity index (χ2n) is 12.7. The second kappa shape index (κ2) is 15.4. The highest BCUT2D eigenvalue weighted by Gasteiger charge is 2.27. The first-order chi connectivity index (χ1) is 22.4. The molecule has 1 atom stereocenters. The highest BCUT2D eigenvalue weighted by atomic mass is 32.2. The van der Waals surface area contributed by atoms with Crippen molar-refractivity contribution in [1.29, 1.82) is 0 Å². The summed E-state index contributed by atoms with van der Waals surface area (Å²) in [5, 5.41) is 20.6. The van der Waals surface area contributed by atoms with Crippen LogP contribution in [0.4, 0.5) is 5.69 Å².